The van der Waals surface area contributed by atoms with Crippen molar-refractivity contribution in [2.45, 2.75) is 18.7 Å². The van der Waals surface area contributed by atoms with Crippen LogP contribution in [0.2, 0.25) is 0 Å². The number of thioether (sulfide) groups is 1. The van der Waals surface area contributed by atoms with E-state index in [9.17, 15) is 14.4 Å². The lowest BCUT2D eigenvalue weighted by atomic mass is 10.0. The molecule has 2 aliphatic rings. The van der Waals surface area contributed by atoms with Crippen molar-refractivity contribution < 1.29 is 14.4 Å². The molecule has 1 saturated heterocycles. The highest BCUT2D eigenvalue weighted by atomic mass is 32.2. The van der Waals surface area contributed by atoms with Gasteiger partial charge in [0.1, 0.15) is 6.54 Å². The molecular weight excluding hydrogens is 434 g/mol. The standard InChI is InChI=1S/C26H23N3O3S/c1-17-10-12-19(13-11-17)27-23(30)15-28-22-9-4-3-8-21(22)26(25(28)32)29(24(31)16-33-26)20-7-5-6-18(2)14-20/h3-14H,15-16H2,1-2H3,(H,27,30). The number of carbonyl (C=O) groups is 3. The lowest BCUT2D eigenvalue weighted by Gasteiger charge is -2.33. The Morgan fingerprint density at radius 2 is 1.73 bits per heavy atom. The minimum atomic E-state index is -1.22. The average molecular weight is 458 g/mol. The van der Waals surface area contributed by atoms with Gasteiger partial charge in [-0.15, -0.1) is 11.8 Å². The molecule has 7 heteroatoms. The van der Waals surface area contributed by atoms with Crippen molar-refractivity contribution in [1.29, 1.82) is 0 Å². The van der Waals surface area contributed by atoms with Crippen LogP contribution in [0.3, 0.4) is 0 Å². The Morgan fingerprint density at radius 1 is 0.970 bits per heavy atom. The minimum absolute atomic E-state index is 0.125. The average Bonchev–Trinajstić information content (AvgIpc) is 3.26. The third kappa shape index (κ3) is 3.49. The predicted molar refractivity (Wildman–Crippen MR) is 131 cm³/mol. The van der Waals surface area contributed by atoms with Gasteiger partial charge in [0.25, 0.3) is 5.91 Å². The summed E-state index contributed by atoms with van der Waals surface area (Å²) in [6.45, 7) is 3.79. The molecular formula is C26H23N3O3S. The van der Waals surface area contributed by atoms with Gasteiger partial charge in [-0.3, -0.25) is 24.2 Å². The van der Waals surface area contributed by atoms with Crippen molar-refractivity contribution in [3.63, 3.8) is 0 Å². The van der Waals surface area contributed by atoms with Crippen molar-refractivity contribution in [1.82, 2.24) is 0 Å². The molecule has 6 nitrogen and oxygen atoms in total. The van der Waals surface area contributed by atoms with Crippen molar-refractivity contribution in [3.05, 3.63) is 89.5 Å². The molecule has 3 aromatic rings. The second-order valence-corrected chi connectivity index (χ2v) is 9.49. The molecule has 0 saturated carbocycles. The second-order valence-electron chi connectivity index (χ2n) is 8.32. The van der Waals surface area contributed by atoms with Gasteiger partial charge in [0.15, 0.2) is 0 Å². The number of carbonyl (C=O) groups excluding carboxylic acids is 3. The van der Waals surface area contributed by atoms with E-state index in [0.717, 1.165) is 16.7 Å². The van der Waals surface area contributed by atoms with E-state index in [2.05, 4.69) is 5.32 Å². The summed E-state index contributed by atoms with van der Waals surface area (Å²) in [5.41, 5.74) is 4.83. The Morgan fingerprint density at radius 3 is 2.48 bits per heavy atom. The van der Waals surface area contributed by atoms with Crippen LogP contribution in [0.15, 0.2) is 72.8 Å². The molecule has 1 fully saturated rings. The van der Waals surface area contributed by atoms with Crippen LogP contribution in [0.25, 0.3) is 0 Å². The summed E-state index contributed by atoms with van der Waals surface area (Å²) < 4.78 is 0. The summed E-state index contributed by atoms with van der Waals surface area (Å²) in [5.74, 6) is -0.507. The number of nitrogens with one attached hydrogen (secondary N) is 1. The molecule has 0 radical (unpaired) electrons. The summed E-state index contributed by atoms with van der Waals surface area (Å²) in [4.78, 5) is 41.8. The maximum absolute atomic E-state index is 14.0. The van der Waals surface area contributed by atoms with Crippen molar-refractivity contribution >= 4 is 46.5 Å². The number of nitrogens with zero attached hydrogens (tertiary/aromatic N) is 2. The Hall–Kier alpha value is -3.58. The smallest absolute Gasteiger partial charge is 0.269 e. The van der Waals surface area contributed by atoms with Crippen molar-refractivity contribution in [3.8, 4) is 0 Å². The first-order valence-electron chi connectivity index (χ1n) is 10.7. The third-order valence-electron chi connectivity index (χ3n) is 5.96. The van der Waals surface area contributed by atoms with Gasteiger partial charge in [-0.25, -0.2) is 0 Å². The summed E-state index contributed by atoms with van der Waals surface area (Å²) in [5, 5.41) is 2.87. The predicted octanol–water partition coefficient (Wildman–Crippen LogP) is 4.22. The number of aryl methyl sites for hydroxylation is 2. The molecule has 5 rings (SSSR count). The molecule has 166 valence electrons. The topological polar surface area (TPSA) is 69.7 Å². The number of rotatable bonds is 4. The normalized spacial score (nSPS) is 19.3. The Kier molecular flexibility index (Phi) is 5.21. The monoisotopic (exact) mass is 457 g/mol. The maximum atomic E-state index is 14.0. The second kappa shape index (κ2) is 8.08. The van der Waals surface area contributed by atoms with Gasteiger partial charge in [-0.2, -0.15) is 0 Å². The van der Waals surface area contributed by atoms with Crippen LogP contribution in [0, 0.1) is 13.8 Å². The number of para-hydroxylation sites is 1. The third-order valence-corrected chi connectivity index (χ3v) is 7.35. The van der Waals surface area contributed by atoms with Gasteiger partial charge in [-0.05, 0) is 49.7 Å². The van der Waals surface area contributed by atoms with Gasteiger partial charge >= 0.3 is 0 Å². The van der Waals surface area contributed by atoms with E-state index in [4.69, 9.17) is 0 Å². The summed E-state index contributed by atoms with van der Waals surface area (Å²) in [6.07, 6.45) is 0. The number of fused-ring (bicyclic) bond motifs is 2. The fourth-order valence-corrected chi connectivity index (χ4v) is 5.82. The Labute approximate surface area is 196 Å². The summed E-state index contributed by atoms with van der Waals surface area (Å²) in [7, 11) is 0. The SMILES string of the molecule is Cc1ccc(NC(=O)CN2C(=O)C3(SCC(=O)N3c3cccc(C)c3)c3ccccc32)cc1. The Balaban J connectivity index is 1.51. The number of hydrogen-bond donors (Lipinski definition) is 1. The van der Waals surface area contributed by atoms with Crippen LogP contribution in [0.4, 0.5) is 17.1 Å². The molecule has 1 spiro atoms. The quantitative estimate of drug-likeness (QED) is 0.637. The van der Waals surface area contributed by atoms with Crippen molar-refractivity contribution in [2.24, 2.45) is 0 Å². The molecule has 1 unspecified atom stereocenters. The largest absolute Gasteiger partial charge is 0.325 e. The minimum Gasteiger partial charge on any atom is -0.325 e. The first-order chi connectivity index (χ1) is 15.9. The van der Waals surface area contributed by atoms with Crippen LogP contribution >= 0.6 is 11.8 Å². The summed E-state index contributed by atoms with van der Waals surface area (Å²) >= 11 is 1.31. The van der Waals surface area contributed by atoms with E-state index < -0.39 is 4.87 Å². The zero-order valence-corrected chi connectivity index (χ0v) is 19.2. The summed E-state index contributed by atoms with van der Waals surface area (Å²) in [6, 6.07) is 22.5. The molecule has 2 aliphatic heterocycles. The van der Waals surface area contributed by atoms with E-state index in [1.807, 2.05) is 86.6 Å². The number of benzene rings is 3. The molecule has 1 N–H and O–H groups in total. The molecule has 1 atom stereocenters. The van der Waals surface area contributed by atoms with E-state index >= 15 is 0 Å². The van der Waals surface area contributed by atoms with Gasteiger partial charge < -0.3 is 5.32 Å². The van der Waals surface area contributed by atoms with E-state index in [1.54, 1.807) is 4.90 Å². The fourth-order valence-electron chi connectivity index (χ4n) is 4.46. The molecule has 0 aliphatic carbocycles. The molecule has 33 heavy (non-hydrogen) atoms. The van der Waals surface area contributed by atoms with Crippen LogP contribution in [-0.4, -0.2) is 30.0 Å². The van der Waals surface area contributed by atoms with E-state index in [-0.39, 0.29) is 30.0 Å². The van der Waals surface area contributed by atoms with E-state index in [1.165, 1.54) is 16.7 Å². The highest BCUT2D eigenvalue weighted by molar-refractivity contribution is 8.02. The number of amides is 3. The molecule has 3 amide bonds. The van der Waals surface area contributed by atoms with Crippen LogP contribution in [0.1, 0.15) is 16.7 Å². The van der Waals surface area contributed by atoms with Gasteiger partial charge in [-0.1, -0.05) is 48.0 Å². The highest BCUT2D eigenvalue weighted by Gasteiger charge is 2.61. The van der Waals surface area contributed by atoms with E-state index in [0.29, 0.717) is 17.1 Å². The molecule has 0 bridgehead atoms. The number of anilines is 3. The molecule has 2 heterocycles. The molecule has 3 aromatic carbocycles. The lowest BCUT2D eigenvalue weighted by molar-refractivity contribution is -0.124. The van der Waals surface area contributed by atoms with Gasteiger partial charge in [0, 0.05) is 16.9 Å². The first-order valence-corrected chi connectivity index (χ1v) is 11.7. The van der Waals surface area contributed by atoms with Gasteiger partial charge in [0.2, 0.25) is 16.7 Å². The molecule has 0 aromatic heterocycles. The highest BCUT2D eigenvalue weighted by Crippen LogP contribution is 2.55. The van der Waals surface area contributed by atoms with Crippen LogP contribution in [0.5, 0.6) is 0 Å². The number of hydrogen-bond acceptors (Lipinski definition) is 4. The van der Waals surface area contributed by atoms with Gasteiger partial charge in [0.05, 0.1) is 11.4 Å². The van der Waals surface area contributed by atoms with Crippen LogP contribution in [-0.2, 0) is 19.3 Å². The first kappa shape index (κ1) is 21.3. The zero-order valence-electron chi connectivity index (χ0n) is 18.4. The van der Waals surface area contributed by atoms with Crippen LogP contribution < -0.4 is 15.1 Å². The van der Waals surface area contributed by atoms with Crippen molar-refractivity contribution in [2.75, 3.05) is 27.4 Å². The fraction of sp³-hybridized carbons (Fsp3) is 0.192. The Bertz CT molecular complexity index is 1270. The lowest BCUT2D eigenvalue weighted by Crippen LogP contribution is -2.50. The maximum Gasteiger partial charge on any atom is 0.269 e. The zero-order chi connectivity index (χ0) is 23.2.